The second-order valence-corrected chi connectivity index (χ2v) is 9.18. The third-order valence-electron chi connectivity index (χ3n) is 5.18. The number of amides is 3. The Morgan fingerprint density at radius 2 is 1.39 bits per heavy atom. The van der Waals surface area contributed by atoms with E-state index in [0.29, 0.717) is 36.4 Å². The van der Waals surface area contributed by atoms with Crippen LogP contribution < -0.4 is 11.1 Å². The van der Waals surface area contributed by atoms with Gasteiger partial charge >= 0.3 is 0 Å². The van der Waals surface area contributed by atoms with E-state index in [1.54, 1.807) is 32.9 Å². The Morgan fingerprint density at radius 1 is 0.848 bits per heavy atom. The SMILES string of the molecule is CCN(CCC(=O)Nc1ccc(C(N)=O)cc1)C(=O)c1ccc(S(=O)(=O)N(CC)CC)cc1. The van der Waals surface area contributed by atoms with Crippen LogP contribution in [0.5, 0.6) is 0 Å². The summed E-state index contributed by atoms with van der Waals surface area (Å²) in [6.07, 6.45) is 0.0750. The Kier molecular flexibility index (Phi) is 9.12. The molecule has 178 valence electrons. The highest BCUT2D eigenvalue weighted by molar-refractivity contribution is 7.89. The topological polar surface area (TPSA) is 130 Å². The second-order valence-electron chi connectivity index (χ2n) is 7.24. The Balaban J connectivity index is 2.00. The van der Waals surface area contributed by atoms with Crippen molar-refractivity contribution in [1.82, 2.24) is 9.21 Å². The number of nitrogens with zero attached hydrogens (tertiary/aromatic N) is 2. The first-order valence-electron chi connectivity index (χ1n) is 10.7. The summed E-state index contributed by atoms with van der Waals surface area (Å²) in [5, 5.41) is 2.71. The van der Waals surface area contributed by atoms with Gasteiger partial charge in [0.2, 0.25) is 21.8 Å². The molecule has 0 aliphatic heterocycles. The third kappa shape index (κ3) is 6.62. The van der Waals surface area contributed by atoms with Crippen LogP contribution in [0.1, 0.15) is 47.9 Å². The number of primary amides is 1. The van der Waals surface area contributed by atoms with E-state index in [2.05, 4.69) is 5.32 Å². The van der Waals surface area contributed by atoms with Crippen LogP contribution in [0.2, 0.25) is 0 Å². The first kappa shape index (κ1) is 26.0. The highest BCUT2D eigenvalue weighted by atomic mass is 32.2. The van der Waals surface area contributed by atoms with Gasteiger partial charge in [0.1, 0.15) is 0 Å². The van der Waals surface area contributed by atoms with Gasteiger partial charge in [0, 0.05) is 49.4 Å². The van der Waals surface area contributed by atoms with E-state index in [4.69, 9.17) is 5.73 Å². The number of nitrogens with one attached hydrogen (secondary N) is 1. The minimum absolute atomic E-state index is 0.0750. The van der Waals surface area contributed by atoms with E-state index in [1.165, 1.54) is 45.6 Å². The standard InChI is InChI=1S/C23H30N4O5S/c1-4-26(16-15-21(28)25-19-11-7-17(8-12-19)22(24)29)23(30)18-9-13-20(14-10-18)33(31,32)27(5-2)6-3/h7-14H,4-6,15-16H2,1-3H3,(H2,24,29)(H,25,28). The van der Waals surface area contributed by atoms with Crippen molar-refractivity contribution in [1.29, 1.82) is 0 Å². The van der Waals surface area contributed by atoms with E-state index in [9.17, 15) is 22.8 Å². The van der Waals surface area contributed by atoms with Gasteiger partial charge in [0.15, 0.2) is 0 Å². The van der Waals surface area contributed by atoms with Crippen LogP contribution in [0.25, 0.3) is 0 Å². The minimum Gasteiger partial charge on any atom is -0.366 e. The second kappa shape index (κ2) is 11.6. The molecule has 0 spiro atoms. The normalized spacial score (nSPS) is 11.3. The van der Waals surface area contributed by atoms with Gasteiger partial charge in [0.25, 0.3) is 5.91 Å². The summed E-state index contributed by atoms with van der Waals surface area (Å²) >= 11 is 0. The zero-order valence-electron chi connectivity index (χ0n) is 19.1. The fourth-order valence-corrected chi connectivity index (χ4v) is 4.70. The van der Waals surface area contributed by atoms with Gasteiger partial charge in [0.05, 0.1) is 4.90 Å². The maximum Gasteiger partial charge on any atom is 0.253 e. The van der Waals surface area contributed by atoms with E-state index in [-0.39, 0.29) is 29.7 Å². The molecule has 3 N–H and O–H groups in total. The number of hydrogen-bond acceptors (Lipinski definition) is 5. The van der Waals surface area contributed by atoms with Crippen molar-refractivity contribution in [2.45, 2.75) is 32.1 Å². The first-order valence-corrected chi connectivity index (χ1v) is 12.2. The molecule has 0 unspecified atom stereocenters. The average Bonchev–Trinajstić information content (AvgIpc) is 2.80. The molecule has 10 heteroatoms. The molecule has 2 rings (SSSR count). The maximum absolute atomic E-state index is 12.8. The molecule has 0 saturated heterocycles. The van der Waals surface area contributed by atoms with Crippen LogP contribution in [0.15, 0.2) is 53.4 Å². The van der Waals surface area contributed by atoms with Crippen molar-refractivity contribution in [3.63, 3.8) is 0 Å². The molecule has 9 nitrogen and oxygen atoms in total. The quantitative estimate of drug-likeness (QED) is 0.516. The first-order chi connectivity index (χ1) is 15.6. The van der Waals surface area contributed by atoms with E-state index in [1.807, 2.05) is 0 Å². The van der Waals surface area contributed by atoms with Crippen LogP contribution in [0.3, 0.4) is 0 Å². The molecule has 0 heterocycles. The highest BCUT2D eigenvalue weighted by Crippen LogP contribution is 2.17. The number of hydrogen-bond donors (Lipinski definition) is 2. The number of benzene rings is 2. The molecule has 0 aliphatic rings. The van der Waals surface area contributed by atoms with Crippen molar-refractivity contribution in [2.75, 3.05) is 31.5 Å². The van der Waals surface area contributed by atoms with Crippen LogP contribution >= 0.6 is 0 Å². The monoisotopic (exact) mass is 474 g/mol. The van der Waals surface area contributed by atoms with Gasteiger partial charge in [-0.15, -0.1) is 0 Å². The Morgan fingerprint density at radius 3 is 1.88 bits per heavy atom. The minimum atomic E-state index is -3.60. The lowest BCUT2D eigenvalue weighted by Gasteiger charge is -2.21. The van der Waals surface area contributed by atoms with Crippen molar-refractivity contribution in [2.24, 2.45) is 5.73 Å². The fourth-order valence-electron chi connectivity index (χ4n) is 3.25. The molecule has 0 bridgehead atoms. The van der Waals surface area contributed by atoms with Crippen LogP contribution in [0, 0.1) is 0 Å². The molecule has 3 amide bonds. The Labute approximate surface area is 194 Å². The van der Waals surface area contributed by atoms with Gasteiger partial charge in [-0.1, -0.05) is 13.8 Å². The summed E-state index contributed by atoms with van der Waals surface area (Å²) < 4.78 is 26.6. The molecule has 0 fully saturated rings. The Hall–Kier alpha value is -3.24. The smallest absolute Gasteiger partial charge is 0.253 e. The van der Waals surface area contributed by atoms with Crippen molar-refractivity contribution in [3.8, 4) is 0 Å². The van der Waals surface area contributed by atoms with Crippen LogP contribution in [-0.2, 0) is 14.8 Å². The summed E-state index contributed by atoms with van der Waals surface area (Å²) in [4.78, 5) is 37.9. The lowest BCUT2D eigenvalue weighted by molar-refractivity contribution is -0.116. The summed E-state index contributed by atoms with van der Waals surface area (Å²) in [5.74, 6) is -1.12. The summed E-state index contributed by atoms with van der Waals surface area (Å²) in [5.41, 5.74) is 6.40. The van der Waals surface area contributed by atoms with E-state index >= 15 is 0 Å². The highest BCUT2D eigenvalue weighted by Gasteiger charge is 2.22. The summed E-state index contributed by atoms with van der Waals surface area (Å²) in [6, 6.07) is 12.0. The number of sulfonamides is 1. The molecule has 0 aliphatic carbocycles. The number of carbonyl (C=O) groups excluding carboxylic acids is 3. The maximum atomic E-state index is 12.8. The van der Waals surface area contributed by atoms with Gasteiger partial charge in [-0.3, -0.25) is 14.4 Å². The molecule has 2 aromatic carbocycles. The molecule has 0 aromatic heterocycles. The Bertz CT molecular complexity index is 1080. The molecule has 0 radical (unpaired) electrons. The number of nitrogens with two attached hydrogens (primary N) is 1. The van der Waals surface area contributed by atoms with Crippen molar-refractivity contribution >= 4 is 33.4 Å². The van der Waals surface area contributed by atoms with E-state index in [0.717, 1.165) is 0 Å². The lowest BCUT2D eigenvalue weighted by atomic mass is 10.2. The molecule has 0 atom stereocenters. The van der Waals surface area contributed by atoms with Gasteiger partial charge < -0.3 is 16.0 Å². The number of carbonyl (C=O) groups is 3. The van der Waals surface area contributed by atoms with E-state index < -0.39 is 15.9 Å². The average molecular weight is 475 g/mol. The molecule has 2 aromatic rings. The predicted octanol–water partition coefficient (Wildman–Crippen LogP) is 2.31. The van der Waals surface area contributed by atoms with Crippen molar-refractivity contribution < 1.29 is 22.8 Å². The molecule has 33 heavy (non-hydrogen) atoms. The predicted molar refractivity (Wildman–Crippen MR) is 126 cm³/mol. The lowest BCUT2D eigenvalue weighted by Crippen LogP contribution is -2.34. The molecule has 0 saturated carbocycles. The number of rotatable bonds is 11. The number of anilines is 1. The van der Waals surface area contributed by atoms with Crippen LogP contribution in [-0.4, -0.2) is 61.5 Å². The fraction of sp³-hybridized carbons (Fsp3) is 0.348. The van der Waals surface area contributed by atoms with Gasteiger partial charge in [-0.25, -0.2) is 8.42 Å². The largest absolute Gasteiger partial charge is 0.366 e. The summed E-state index contributed by atoms with van der Waals surface area (Å²) in [7, 11) is -3.60. The van der Waals surface area contributed by atoms with Crippen molar-refractivity contribution in [3.05, 3.63) is 59.7 Å². The van der Waals surface area contributed by atoms with Gasteiger partial charge in [-0.05, 0) is 55.5 Å². The van der Waals surface area contributed by atoms with Crippen LogP contribution in [0.4, 0.5) is 5.69 Å². The molecular formula is C23H30N4O5S. The molecular weight excluding hydrogens is 444 g/mol. The zero-order chi connectivity index (χ0) is 24.6. The van der Waals surface area contributed by atoms with Gasteiger partial charge in [-0.2, -0.15) is 4.31 Å². The summed E-state index contributed by atoms with van der Waals surface area (Å²) in [6.45, 7) is 6.64. The third-order valence-corrected chi connectivity index (χ3v) is 7.24. The zero-order valence-corrected chi connectivity index (χ0v) is 19.9.